The second kappa shape index (κ2) is 13.5. The summed E-state index contributed by atoms with van der Waals surface area (Å²) in [6.45, 7) is 21.5. The lowest BCUT2D eigenvalue weighted by atomic mass is 9.33. The fourth-order valence-corrected chi connectivity index (χ4v) is 13.6. The molecule has 1 aromatic heterocycles. The van der Waals surface area contributed by atoms with E-state index in [1.807, 2.05) is 6.92 Å². The summed E-state index contributed by atoms with van der Waals surface area (Å²) in [7, 11) is 0. The van der Waals surface area contributed by atoms with Gasteiger partial charge in [0.05, 0.1) is 16.9 Å². The van der Waals surface area contributed by atoms with E-state index in [9.17, 15) is 24.3 Å². The monoisotopic (exact) mass is 789 g/mol. The minimum absolute atomic E-state index is 0.0304. The van der Waals surface area contributed by atoms with Gasteiger partial charge in [0.2, 0.25) is 5.91 Å². The van der Waals surface area contributed by atoms with Crippen molar-refractivity contribution < 1.29 is 29.0 Å². The number of hydrogen-bond donors (Lipinski definition) is 2. The van der Waals surface area contributed by atoms with Gasteiger partial charge in [-0.25, -0.2) is 9.97 Å². The number of hydrogen-bond acceptors (Lipinski definition) is 7. The number of rotatable bonds is 9. The molecule has 10 heteroatoms. The fourth-order valence-electron chi connectivity index (χ4n) is 13.5. The van der Waals surface area contributed by atoms with Gasteiger partial charge in [0.15, 0.2) is 11.6 Å². The zero-order valence-corrected chi connectivity index (χ0v) is 36.1. The second-order valence-corrected chi connectivity index (χ2v) is 21.6. The van der Waals surface area contributed by atoms with E-state index in [-0.39, 0.29) is 57.7 Å². The highest BCUT2D eigenvalue weighted by atomic mass is 35.5. The van der Waals surface area contributed by atoms with Crippen LogP contribution in [0.3, 0.4) is 0 Å². The number of amides is 1. The normalized spacial score (nSPS) is 37.2. The average Bonchev–Trinajstić information content (AvgIpc) is 3.81. The van der Waals surface area contributed by atoms with Gasteiger partial charge >= 0.3 is 11.9 Å². The van der Waals surface area contributed by atoms with Gasteiger partial charge in [0.25, 0.3) is 0 Å². The molecule has 306 valence electrons. The predicted molar refractivity (Wildman–Crippen MR) is 215 cm³/mol. The van der Waals surface area contributed by atoms with Gasteiger partial charge < -0.3 is 15.2 Å². The van der Waals surface area contributed by atoms with Gasteiger partial charge in [-0.15, -0.1) is 0 Å². The molecule has 8 atom stereocenters. The molecule has 5 saturated carbocycles. The van der Waals surface area contributed by atoms with Crippen LogP contribution < -0.4 is 5.32 Å². The van der Waals surface area contributed by atoms with Crippen molar-refractivity contribution in [1.29, 1.82) is 0 Å². The van der Waals surface area contributed by atoms with Crippen LogP contribution >= 0.6 is 11.6 Å². The van der Waals surface area contributed by atoms with Crippen molar-refractivity contribution in [2.45, 2.75) is 158 Å². The van der Waals surface area contributed by atoms with E-state index in [1.165, 1.54) is 5.57 Å². The number of ether oxygens (including phenoxy) is 1. The van der Waals surface area contributed by atoms with E-state index < -0.39 is 28.3 Å². The molecule has 0 spiro atoms. The Balaban J connectivity index is 1.16. The van der Waals surface area contributed by atoms with Gasteiger partial charge in [-0.1, -0.05) is 66.1 Å². The molecular formula is C46H64ClN3O6. The topological polar surface area (TPSA) is 136 Å². The average molecular weight is 790 g/mol. The van der Waals surface area contributed by atoms with E-state index >= 15 is 0 Å². The number of fused-ring (bicyclic) bond motifs is 7. The van der Waals surface area contributed by atoms with Gasteiger partial charge in [-0.3, -0.25) is 19.2 Å². The Labute approximate surface area is 338 Å². The fraction of sp³-hybridized carbons (Fsp3) is 0.739. The van der Waals surface area contributed by atoms with Crippen molar-refractivity contribution in [3.8, 4) is 0 Å². The number of nitrogens with one attached hydrogen (secondary N) is 1. The maximum absolute atomic E-state index is 14.2. The predicted octanol–water partition coefficient (Wildman–Crippen LogP) is 9.58. The highest BCUT2D eigenvalue weighted by molar-refractivity contribution is 6.30. The standard InChI is InChI=1S/C46H64ClN3O6/c1-26(2)35-30(51)22-45(21-27(3)37(53)50-46(19-20-46)38-48-24-28(47)25-49-38)18-17-43(9)29(36(35)45)11-12-32-42(8)15-14-33(56-34(52)23-40(4,5)39(54)55)41(6,7)31(42)13-16-44(32,43)10/h21,24-26,29,31-33H,11-20,22-23H2,1-10H3,(H,50,53)(H,54,55). The van der Waals surface area contributed by atoms with Crippen LogP contribution in [0.2, 0.25) is 5.02 Å². The summed E-state index contributed by atoms with van der Waals surface area (Å²) in [6.07, 6.45) is 14.6. The Morgan fingerprint density at radius 2 is 1.61 bits per heavy atom. The first-order valence-electron chi connectivity index (χ1n) is 21.2. The first-order valence-corrected chi connectivity index (χ1v) is 21.5. The minimum Gasteiger partial charge on any atom is -0.481 e. The van der Waals surface area contributed by atoms with E-state index in [0.717, 1.165) is 69.8 Å². The lowest BCUT2D eigenvalue weighted by Crippen LogP contribution is -2.65. The Kier molecular flexibility index (Phi) is 9.90. The summed E-state index contributed by atoms with van der Waals surface area (Å²) >= 11 is 6.06. The molecule has 0 aromatic carbocycles. The third-order valence-corrected chi connectivity index (χ3v) is 17.1. The van der Waals surface area contributed by atoms with Crippen LogP contribution in [0.1, 0.15) is 152 Å². The molecule has 6 aliphatic carbocycles. The second-order valence-electron chi connectivity index (χ2n) is 21.1. The molecule has 2 N–H and O–H groups in total. The molecule has 0 radical (unpaired) electrons. The van der Waals surface area contributed by atoms with Crippen molar-refractivity contribution >= 4 is 35.2 Å². The highest BCUT2D eigenvalue weighted by Crippen LogP contribution is 2.77. The molecule has 1 aromatic rings. The molecular weight excluding hydrogens is 726 g/mol. The number of carboxylic acid groups (broad SMARTS) is 1. The zero-order chi connectivity index (χ0) is 41.0. The quantitative estimate of drug-likeness (QED) is 0.187. The molecule has 0 aliphatic heterocycles. The van der Waals surface area contributed by atoms with Crippen molar-refractivity contribution in [1.82, 2.24) is 15.3 Å². The largest absolute Gasteiger partial charge is 0.481 e. The molecule has 7 rings (SSSR count). The lowest BCUT2D eigenvalue weighted by molar-refractivity contribution is -0.232. The van der Waals surface area contributed by atoms with Gasteiger partial charge in [0.1, 0.15) is 11.6 Å². The van der Waals surface area contributed by atoms with Gasteiger partial charge in [-0.05, 0) is 136 Å². The van der Waals surface area contributed by atoms with Crippen LogP contribution in [0, 0.1) is 56.2 Å². The number of esters is 1. The lowest BCUT2D eigenvalue weighted by Gasteiger charge is -2.72. The van der Waals surface area contributed by atoms with Crippen molar-refractivity contribution in [3.05, 3.63) is 46.0 Å². The van der Waals surface area contributed by atoms with Crippen molar-refractivity contribution in [2.24, 2.45) is 56.2 Å². The minimum atomic E-state index is -1.18. The van der Waals surface area contributed by atoms with Crippen molar-refractivity contribution in [2.75, 3.05) is 0 Å². The van der Waals surface area contributed by atoms with Crippen LogP contribution in [-0.4, -0.2) is 44.8 Å². The maximum Gasteiger partial charge on any atom is 0.309 e. The smallest absolute Gasteiger partial charge is 0.309 e. The van der Waals surface area contributed by atoms with Crippen LogP contribution in [0.4, 0.5) is 0 Å². The molecule has 8 unspecified atom stereocenters. The van der Waals surface area contributed by atoms with Crippen LogP contribution in [0.25, 0.3) is 0 Å². The van der Waals surface area contributed by atoms with E-state index in [1.54, 1.807) is 26.2 Å². The number of carbonyl (C=O) groups is 4. The molecule has 6 aliphatic rings. The first-order chi connectivity index (χ1) is 26.0. The van der Waals surface area contributed by atoms with E-state index in [0.29, 0.717) is 34.7 Å². The molecule has 5 fully saturated rings. The number of allylic oxidation sites excluding steroid dienone is 3. The van der Waals surface area contributed by atoms with Crippen LogP contribution in [-0.2, 0) is 29.5 Å². The number of ketones is 1. The molecule has 0 saturated heterocycles. The SMILES string of the molecule is CC(=CC12CCC3(C)C(CCC4C5(C)CCC(OC(=O)CC(C)(C)C(=O)O)C(C)(C)C5CCC43C)C1=C(C(C)C)C(=O)C2)C(=O)NC1(c2ncc(Cl)cn2)CC1. The van der Waals surface area contributed by atoms with Crippen molar-refractivity contribution in [3.63, 3.8) is 0 Å². The number of aromatic nitrogens is 2. The molecule has 1 heterocycles. The van der Waals surface area contributed by atoms with E-state index in [4.69, 9.17) is 16.3 Å². The molecule has 1 amide bonds. The number of nitrogens with zero attached hydrogens (tertiary/aromatic N) is 2. The Bertz CT molecular complexity index is 1900. The summed E-state index contributed by atoms with van der Waals surface area (Å²) in [5.41, 5.74) is 0.509. The Morgan fingerprint density at radius 1 is 0.946 bits per heavy atom. The summed E-state index contributed by atoms with van der Waals surface area (Å²) in [5.74, 6) is 0.424. The summed E-state index contributed by atoms with van der Waals surface area (Å²) in [4.78, 5) is 61.9. The van der Waals surface area contributed by atoms with E-state index in [2.05, 4.69) is 69.8 Å². The number of halogens is 1. The highest BCUT2D eigenvalue weighted by Gasteiger charge is 2.70. The third kappa shape index (κ3) is 6.22. The number of Topliss-reactive ketones (excluding diaryl/α,β-unsaturated/α-hetero) is 1. The molecule has 9 nitrogen and oxygen atoms in total. The van der Waals surface area contributed by atoms with Crippen LogP contribution in [0.5, 0.6) is 0 Å². The van der Waals surface area contributed by atoms with Gasteiger partial charge in [0, 0.05) is 35.2 Å². The Hall–Kier alpha value is -3.07. The number of aliphatic carboxylic acids is 1. The summed E-state index contributed by atoms with van der Waals surface area (Å²) < 4.78 is 6.18. The maximum atomic E-state index is 14.2. The molecule has 56 heavy (non-hydrogen) atoms. The first kappa shape index (κ1) is 41.1. The van der Waals surface area contributed by atoms with Crippen LogP contribution in [0.15, 0.2) is 35.2 Å². The zero-order valence-electron chi connectivity index (χ0n) is 35.4. The van der Waals surface area contributed by atoms with Gasteiger partial charge in [-0.2, -0.15) is 0 Å². The number of carboxylic acids is 1. The third-order valence-electron chi connectivity index (χ3n) is 16.9. The number of carbonyl (C=O) groups excluding carboxylic acids is 3. The summed E-state index contributed by atoms with van der Waals surface area (Å²) in [6, 6.07) is 0. The summed E-state index contributed by atoms with van der Waals surface area (Å²) in [5, 5.41) is 13.3. The molecule has 0 bridgehead atoms. The Morgan fingerprint density at radius 3 is 2.21 bits per heavy atom.